The summed E-state index contributed by atoms with van der Waals surface area (Å²) in [5.74, 6) is -0.989. The van der Waals surface area contributed by atoms with Crippen molar-refractivity contribution in [1.82, 2.24) is 0 Å². The summed E-state index contributed by atoms with van der Waals surface area (Å²) in [6.45, 7) is 5.38. The van der Waals surface area contributed by atoms with E-state index < -0.39 is 11.9 Å². The van der Waals surface area contributed by atoms with E-state index in [9.17, 15) is 14.0 Å². The molecule has 0 bridgehead atoms. The van der Waals surface area contributed by atoms with Gasteiger partial charge in [0.2, 0.25) is 0 Å². The van der Waals surface area contributed by atoms with Gasteiger partial charge in [0.15, 0.2) is 0 Å². The monoisotopic (exact) mass is 331 g/mol. The Bertz CT molecular complexity index is 733. The summed E-state index contributed by atoms with van der Waals surface area (Å²) in [7, 11) is 0. The number of carbonyl (C=O) groups is 2. The Morgan fingerprint density at radius 2 is 1.67 bits per heavy atom. The molecule has 0 aliphatic rings. The van der Waals surface area contributed by atoms with E-state index in [2.05, 4.69) is 10.1 Å². The third-order valence-corrected chi connectivity index (χ3v) is 3.21. The fourth-order valence-corrected chi connectivity index (χ4v) is 2.18. The zero-order valence-electron chi connectivity index (χ0n) is 13.7. The molecule has 0 spiro atoms. The van der Waals surface area contributed by atoms with Crippen molar-refractivity contribution in [1.29, 1.82) is 0 Å². The maximum absolute atomic E-state index is 12.9. The first-order valence-corrected chi connectivity index (χ1v) is 7.43. The van der Waals surface area contributed by atoms with E-state index in [4.69, 9.17) is 4.74 Å². The van der Waals surface area contributed by atoms with Crippen LogP contribution in [0.1, 0.15) is 18.1 Å². The predicted molar refractivity (Wildman–Crippen MR) is 87.7 cm³/mol. The molecular weight excluding hydrogens is 313 g/mol. The largest absolute Gasteiger partial charge is 0.459 e. The van der Waals surface area contributed by atoms with Gasteiger partial charge < -0.3 is 14.8 Å². The predicted octanol–water partition coefficient (Wildman–Crippen LogP) is 3.74. The second-order valence-electron chi connectivity index (χ2n) is 5.17. The zero-order valence-corrected chi connectivity index (χ0v) is 13.7. The molecule has 0 atom stereocenters. The minimum absolute atomic E-state index is 0.134. The molecule has 2 aromatic carbocycles. The molecule has 2 aromatic rings. The third-order valence-electron chi connectivity index (χ3n) is 3.21. The molecule has 1 N–H and O–H groups in total. The average molecular weight is 331 g/mol. The van der Waals surface area contributed by atoms with Crippen molar-refractivity contribution in [2.75, 3.05) is 11.9 Å². The van der Waals surface area contributed by atoms with E-state index in [1.807, 2.05) is 13.8 Å². The SMILES string of the molecule is CCOC(=O)C(=O)Nc1cc(C)c(Oc2ccc(F)cc2)c(C)c1. The lowest BCUT2D eigenvalue weighted by molar-refractivity contribution is -0.152. The van der Waals surface area contributed by atoms with Crippen LogP contribution >= 0.6 is 0 Å². The van der Waals surface area contributed by atoms with Crippen molar-refractivity contribution in [3.05, 3.63) is 53.3 Å². The van der Waals surface area contributed by atoms with Crippen LogP contribution in [0.15, 0.2) is 36.4 Å². The summed E-state index contributed by atoms with van der Waals surface area (Å²) in [5.41, 5.74) is 1.99. The molecule has 0 unspecified atom stereocenters. The van der Waals surface area contributed by atoms with Gasteiger partial charge in [-0.25, -0.2) is 9.18 Å². The standard InChI is InChI=1S/C18H18FNO4/c1-4-23-18(22)17(21)20-14-9-11(2)16(12(3)10-14)24-15-7-5-13(19)6-8-15/h5-10H,4H2,1-3H3,(H,20,21). The maximum atomic E-state index is 12.9. The Morgan fingerprint density at radius 3 is 2.21 bits per heavy atom. The van der Waals surface area contributed by atoms with E-state index in [0.717, 1.165) is 11.1 Å². The second kappa shape index (κ2) is 7.59. The van der Waals surface area contributed by atoms with Crippen molar-refractivity contribution in [3.8, 4) is 11.5 Å². The summed E-state index contributed by atoms with van der Waals surface area (Å²) < 4.78 is 23.4. The first-order valence-electron chi connectivity index (χ1n) is 7.43. The number of rotatable bonds is 4. The Morgan fingerprint density at radius 1 is 1.08 bits per heavy atom. The molecule has 0 saturated carbocycles. The van der Waals surface area contributed by atoms with Crippen molar-refractivity contribution < 1.29 is 23.5 Å². The summed E-state index contributed by atoms with van der Waals surface area (Å²) in [6, 6.07) is 9.06. The molecule has 6 heteroatoms. The van der Waals surface area contributed by atoms with Crippen LogP contribution in [0.25, 0.3) is 0 Å². The van der Waals surface area contributed by atoms with Gasteiger partial charge >= 0.3 is 11.9 Å². The third kappa shape index (κ3) is 4.32. The molecule has 0 saturated heterocycles. The van der Waals surface area contributed by atoms with E-state index in [1.165, 1.54) is 24.3 Å². The van der Waals surface area contributed by atoms with Gasteiger partial charge in [0, 0.05) is 5.69 Å². The number of aryl methyl sites for hydroxylation is 2. The van der Waals surface area contributed by atoms with Gasteiger partial charge in [-0.2, -0.15) is 0 Å². The maximum Gasteiger partial charge on any atom is 0.397 e. The number of ether oxygens (including phenoxy) is 2. The van der Waals surface area contributed by atoms with E-state index in [1.54, 1.807) is 19.1 Å². The highest BCUT2D eigenvalue weighted by molar-refractivity contribution is 6.37. The normalized spacial score (nSPS) is 10.2. The number of halogens is 1. The van der Waals surface area contributed by atoms with Crippen molar-refractivity contribution >= 4 is 17.6 Å². The van der Waals surface area contributed by atoms with Crippen LogP contribution in [0, 0.1) is 19.7 Å². The Labute approximate surface area is 139 Å². The van der Waals surface area contributed by atoms with Gasteiger partial charge in [0.25, 0.3) is 0 Å². The molecule has 1 amide bonds. The van der Waals surface area contributed by atoms with Gasteiger partial charge in [0.05, 0.1) is 6.61 Å². The highest BCUT2D eigenvalue weighted by Gasteiger charge is 2.16. The molecule has 0 radical (unpaired) electrons. The number of esters is 1. The molecular formula is C18H18FNO4. The highest BCUT2D eigenvalue weighted by atomic mass is 19.1. The minimum Gasteiger partial charge on any atom is -0.459 e. The first-order chi connectivity index (χ1) is 11.4. The summed E-state index contributed by atoms with van der Waals surface area (Å²) in [4.78, 5) is 23.0. The second-order valence-corrected chi connectivity index (χ2v) is 5.17. The van der Waals surface area contributed by atoms with Gasteiger partial charge in [-0.15, -0.1) is 0 Å². The van der Waals surface area contributed by atoms with E-state index in [0.29, 0.717) is 17.2 Å². The zero-order chi connectivity index (χ0) is 17.7. The van der Waals surface area contributed by atoms with Crippen LogP contribution in [0.5, 0.6) is 11.5 Å². The van der Waals surface area contributed by atoms with Crippen LogP contribution in [-0.2, 0) is 14.3 Å². The molecule has 0 aliphatic heterocycles. The average Bonchev–Trinajstić information content (AvgIpc) is 2.53. The van der Waals surface area contributed by atoms with Gasteiger partial charge in [-0.3, -0.25) is 4.79 Å². The summed E-state index contributed by atoms with van der Waals surface area (Å²) >= 11 is 0. The lowest BCUT2D eigenvalue weighted by Gasteiger charge is -2.14. The minimum atomic E-state index is -0.931. The fraction of sp³-hybridized carbons (Fsp3) is 0.222. The Balaban J connectivity index is 2.17. The number of hydrogen-bond acceptors (Lipinski definition) is 4. The van der Waals surface area contributed by atoms with Gasteiger partial charge in [0.1, 0.15) is 17.3 Å². The van der Waals surface area contributed by atoms with Gasteiger partial charge in [-0.1, -0.05) is 0 Å². The smallest absolute Gasteiger partial charge is 0.397 e. The van der Waals surface area contributed by atoms with E-state index >= 15 is 0 Å². The van der Waals surface area contributed by atoms with Crippen molar-refractivity contribution in [2.24, 2.45) is 0 Å². The number of anilines is 1. The molecule has 5 nitrogen and oxygen atoms in total. The number of benzene rings is 2. The molecule has 0 aliphatic carbocycles. The van der Waals surface area contributed by atoms with Crippen molar-refractivity contribution in [3.63, 3.8) is 0 Å². The molecule has 24 heavy (non-hydrogen) atoms. The van der Waals surface area contributed by atoms with E-state index in [-0.39, 0.29) is 12.4 Å². The first kappa shape index (κ1) is 17.5. The molecule has 2 rings (SSSR count). The number of carbonyl (C=O) groups excluding carboxylic acids is 2. The number of amides is 1. The van der Waals surface area contributed by atoms with Gasteiger partial charge in [-0.05, 0) is 68.3 Å². The Hall–Kier alpha value is -2.89. The summed E-state index contributed by atoms with van der Waals surface area (Å²) in [5, 5.41) is 2.49. The summed E-state index contributed by atoms with van der Waals surface area (Å²) in [6.07, 6.45) is 0. The lowest BCUT2D eigenvalue weighted by Crippen LogP contribution is -2.25. The molecule has 0 heterocycles. The van der Waals surface area contributed by atoms with Crippen LogP contribution in [0.3, 0.4) is 0 Å². The van der Waals surface area contributed by atoms with Crippen LogP contribution in [0.4, 0.5) is 10.1 Å². The van der Waals surface area contributed by atoms with Crippen LogP contribution < -0.4 is 10.1 Å². The number of hydrogen-bond donors (Lipinski definition) is 1. The highest BCUT2D eigenvalue weighted by Crippen LogP contribution is 2.31. The molecule has 0 aromatic heterocycles. The Kier molecular flexibility index (Phi) is 5.52. The molecule has 0 fully saturated rings. The quantitative estimate of drug-likeness (QED) is 0.685. The topological polar surface area (TPSA) is 64.6 Å². The number of nitrogens with one attached hydrogen (secondary N) is 1. The fourth-order valence-electron chi connectivity index (χ4n) is 2.18. The molecule has 126 valence electrons. The van der Waals surface area contributed by atoms with Crippen molar-refractivity contribution in [2.45, 2.75) is 20.8 Å². The van der Waals surface area contributed by atoms with Crippen LogP contribution in [-0.4, -0.2) is 18.5 Å². The lowest BCUT2D eigenvalue weighted by atomic mass is 10.1. The van der Waals surface area contributed by atoms with Crippen LogP contribution in [0.2, 0.25) is 0 Å².